The van der Waals surface area contributed by atoms with Crippen LogP contribution in [0.4, 0.5) is 0 Å². The summed E-state index contributed by atoms with van der Waals surface area (Å²) >= 11 is 1.61. The molecule has 0 atom stereocenters. The van der Waals surface area contributed by atoms with E-state index in [1.165, 1.54) is 0 Å². The van der Waals surface area contributed by atoms with Gasteiger partial charge in [0.15, 0.2) is 5.65 Å². The minimum Gasteiger partial charge on any atom is -0.223 e. The van der Waals surface area contributed by atoms with Gasteiger partial charge >= 0.3 is 0 Å². The van der Waals surface area contributed by atoms with E-state index >= 15 is 0 Å². The molecule has 2 rings (SSSR count). The Bertz CT molecular complexity index is 394. The van der Waals surface area contributed by atoms with Crippen LogP contribution in [-0.2, 0) is 0 Å². The zero-order chi connectivity index (χ0) is 8.55. The van der Waals surface area contributed by atoms with Crippen LogP contribution in [0.1, 0.15) is 25.5 Å². The van der Waals surface area contributed by atoms with Crippen LogP contribution in [0.2, 0.25) is 0 Å². The van der Waals surface area contributed by atoms with Gasteiger partial charge in [-0.15, -0.1) is 16.4 Å². The molecule has 0 aliphatic carbocycles. The Morgan fingerprint density at radius 2 is 2.17 bits per heavy atom. The maximum Gasteiger partial charge on any atom is 0.192 e. The van der Waals surface area contributed by atoms with Crippen molar-refractivity contribution in [3.8, 4) is 0 Å². The Balaban J connectivity index is 2.60. The first-order valence-electron chi connectivity index (χ1n) is 3.84. The topological polar surface area (TPSA) is 38.7 Å². The molecule has 0 aliphatic rings. The molecule has 2 aromatic rings. The monoisotopic (exact) mass is 179 g/mol. The van der Waals surface area contributed by atoms with Crippen LogP contribution >= 0.6 is 11.3 Å². The van der Waals surface area contributed by atoms with Crippen LogP contribution in [0.5, 0.6) is 0 Å². The molecule has 4 heteroatoms. The second kappa shape index (κ2) is 2.79. The van der Waals surface area contributed by atoms with Crippen LogP contribution in [-0.4, -0.2) is 15.2 Å². The first-order valence-corrected chi connectivity index (χ1v) is 4.72. The third kappa shape index (κ3) is 1.18. The molecule has 0 fully saturated rings. The number of aromatic nitrogens is 3. The van der Waals surface area contributed by atoms with Crippen molar-refractivity contribution in [2.75, 3.05) is 0 Å². The van der Waals surface area contributed by atoms with Crippen LogP contribution in [0.3, 0.4) is 0 Å². The van der Waals surface area contributed by atoms with Crippen molar-refractivity contribution in [3.63, 3.8) is 0 Å². The molecule has 0 radical (unpaired) electrons. The van der Waals surface area contributed by atoms with Crippen LogP contribution in [0.25, 0.3) is 10.3 Å². The van der Waals surface area contributed by atoms with Crippen LogP contribution in [0.15, 0.2) is 11.6 Å². The second-order valence-electron chi connectivity index (χ2n) is 2.96. The van der Waals surface area contributed by atoms with E-state index in [2.05, 4.69) is 35.1 Å². The standard InChI is InChI=1S/C8H9N3S/c1-5(2)6-3-7-8(11-10-6)9-4-12-7/h3-5H,1-2H3. The Morgan fingerprint density at radius 3 is 2.92 bits per heavy atom. The molecule has 0 unspecified atom stereocenters. The van der Waals surface area contributed by atoms with Crippen molar-refractivity contribution in [2.24, 2.45) is 0 Å². The molecule has 0 bridgehead atoms. The number of fused-ring (bicyclic) bond motifs is 1. The number of hydrogen-bond donors (Lipinski definition) is 0. The van der Waals surface area contributed by atoms with Gasteiger partial charge in [0.1, 0.15) is 0 Å². The zero-order valence-electron chi connectivity index (χ0n) is 6.98. The number of nitrogens with zero attached hydrogens (tertiary/aromatic N) is 3. The highest BCUT2D eigenvalue weighted by atomic mass is 32.1. The third-order valence-corrected chi connectivity index (χ3v) is 2.47. The van der Waals surface area contributed by atoms with Gasteiger partial charge in [0.05, 0.1) is 15.9 Å². The summed E-state index contributed by atoms with van der Waals surface area (Å²) in [6.07, 6.45) is 0. The maximum absolute atomic E-state index is 4.07. The maximum atomic E-state index is 4.07. The molecule has 12 heavy (non-hydrogen) atoms. The number of thiazole rings is 1. The predicted molar refractivity (Wildman–Crippen MR) is 49.3 cm³/mol. The highest BCUT2D eigenvalue weighted by Gasteiger charge is 2.04. The molecule has 2 heterocycles. The van der Waals surface area contributed by atoms with Gasteiger partial charge in [-0.3, -0.25) is 0 Å². The molecule has 0 saturated carbocycles. The molecule has 62 valence electrons. The summed E-state index contributed by atoms with van der Waals surface area (Å²) in [5, 5.41) is 8.08. The highest BCUT2D eigenvalue weighted by Crippen LogP contribution is 2.18. The predicted octanol–water partition coefficient (Wildman–Crippen LogP) is 2.21. The average molecular weight is 179 g/mol. The first kappa shape index (κ1) is 7.61. The number of rotatable bonds is 1. The van der Waals surface area contributed by atoms with Crippen molar-refractivity contribution < 1.29 is 0 Å². The van der Waals surface area contributed by atoms with Gasteiger partial charge in [-0.1, -0.05) is 13.8 Å². The zero-order valence-corrected chi connectivity index (χ0v) is 7.80. The summed E-state index contributed by atoms with van der Waals surface area (Å²) in [7, 11) is 0. The largest absolute Gasteiger partial charge is 0.223 e. The fourth-order valence-electron chi connectivity index (χ4n) is 0.973. The molecule has 0 amide bonds. The lowest BCUT2D eigenvalue weighted by Crippen LogP contribution is -1.94. The molecule has 0 aromatic carbocycles. The van der Waals surface area contributed by atoms with Gasteiger partial charge in [-0.05, 0) is 12.0 Å². The number of hydrogen-bond acceptors (Lipinski definition) is 4. The summed E-state index contributed by atoms with van der Waals surface area (Å²) in [5.74, 6) is 0.434. The van der Waals surface area contributed by atoms with Crippen LogP contribution < -0.4 is 0 Å². The minimum atomic E-state index is 0.434. The van der Waals surface area contributed by atoms with Gasteiger partial charge in [0.25, 0.3) is 0 Å². The lowest BCUT2D eigenvalue weighted by atomic mass is 10.1. The Morgan fingerprint density at radius 1 is 1.33 bits per heavy atom. The minimum absolute atomic E-state index is 0.434. The van der Waals surface area contributed by atoms with E-state index in [9.17, 15) is 0 Å². The molecular weight excluding hydrogens is 170 g/mol. The fourth-order valence-corrected chi connectivity index (χ4v) is 1.63. The Hall–Kier alpha value is -1.03. The quantitative estimate of drug-likeness (QED) is 0.673. The Kier molecular flexibility index (Phi) is 1.77. The molecule has 0 spiro atoms. The first-order chi connectivity index (χ1) is 5.77. The molecule has 0 saturated heterocycles. The summed E-state index contributed by atoms with van der Waals surface area (Å²) < 4.78 is 1.12. The van der Waals surface area contributed by atoms with Crippen molar-refractivity contribution in [1.82, 2.24) is 15.2 Å². The van der Waals surface area contributed by atoms with Crippen LogP contribution in [0, 0.1) is 0 Å². The van der Waals surface area contributed by atoms with E-state index in [-0.39, 0.29) is 0 Å². The smallest absolute Gasteiger partial charge is 0.192 e. The summed E-state index contributed by atoms with van der Waals surface area (Å²) in [4.78, 5) is 4.06. The molecule has 3 nitrogen and oxygen atoms in total. The van der Waals surface area contributed by atoms with Crippen molar-refractivity contribution in [2.45, 2.75) is 19.8 Å². The van der Waals surface area contributed by atoms with Crippen molar-refractivity contribution in [1.29, 1.82) is 0 Å². The van der Waals surface area contributed by atoms with Gasteiger partial charge < -0.3 is 0 Å². The van der Waals surface area contributed by atoms with E-state index in [1.54, 1.807) is 16.8 Å². The third-order valence-electron chi connectivity index (χ3n) is 1.71. The summed E-state index contributed by atoms with van der Waals surface area (Å²) in [5.41, 5.74) is 3.58. The van der Waals surface area contributed by atoms with E-state index < -0.39 is 0 Å². The normalized spacial score (nSPS) is 11.2. The average Bonchev–Trinajstić information content (AvgIpc) is 2.49. The van der Waals surface area contributed by atoms with E-state index in [0.29, 0.717) is 5.92 Å². The van der Waals surface area contributed by atoms with E-state index in [1.807, 2.05) is 0 Å². The van der Waals surface area contributed by atoms with Gasteiger partial charge in [0.2, 0.25) is 0 Å². The molecule has 0 aliphatic heterocycles. The fraction of sp³-hybridized carbons (Fsp3) is 0.375. The van der Waals surface area contributed by atoms with Gasteiger partial charge in [-0.25, -0.2) is 4.98 Å². The van der Waals surface area contributed by atoms with Crippen molar-refractivity contribution in [3.05, 3.63) is 17.3 Å². The lowest BCUT2D eigenvalue weighted by Gasteiger charge is -2.00. The van der Waals surface area contributed by atoms with Gasteiger partial charge in [0, 0.05) is 0 Å². The SMILES string of the molecule is CC(C)c1cc2scnc2nn1. The van der Waals surface area contributed by atoms with Crippen molar-refractivity contribution >= 4 is 21.7 Å². The van der Waals surface area contributed by atoms with E-state index in [0.717, 1.165) is 16.0 Å². The van der Waals surface area contributed by atoms with E-state index in [4.69, 9.17) is 0 Å². The highest BCUT2D eigenvalue weighted by molar-refractivity contribution is 7.16. The molecule has 2 aromatic heterocycles. The summed E-state index contributed by atoms with van der Waals surface area (Å²) in [6.45, 7) is 4.22. The summed E-state index contributed by atoms with van der Waals surface area (Å²) in [6, 6.07) is 2.06. The van der Waals surface area contributed by atoms with Gasteiger partial charge in [-0.2, -0.15) is 5.10 Å². The molecular formula is C8H9N3S. The molecule has 0 N–H and O–H groups in total. The Labute approximate surface area is 74.5 Å². The second-order valence-corrected chi connectivity index (χ2v) is 3.85. The lowest BCUT2D eigenvalue weighted by molar-refractivity contribution is 0.793.